The molecule has 2 saturated heterocycles. The van der Waals surface area contributed by atoms with Crippen molar-refractivity contribution in [3.63, 3.8) is 0 Å². The number of carbonyl (C=O) groups is 1. The lowest BCUT2D eigenvalue weighted by Gasteiger charge is -2.43. The molecule has 4 nitrogen and oxygen atoms in total. The molecule has 20 heavy (non-hydrogen) atoms. The van der Waals surface area contributed by atoms with Gasteiger partial charge in [0.05, 0.1) is 0 Å². The van der Waals surface area contributed by atoms with Crippen LogP contribution in [0.15, 0.2) is 24.3 Å². The summed E-state index contributed by atoms with van der Waals surface area (Å²) < 4.78 is 0. The second kappa shape index (κ2) is 4.93. The molecule has 3 rings (SSSR count). The molecule has 2 unspecified atom stereocenters. The van der Waals surface area contributed by atoms with Gasteiger partial charge in [-0.1, -0.05) is 17.7 Å². The van der Waals surface area contributed by atoms with Crippen LogP contribution in [0.1, 0.15) is 25.7 Å². The Kier molecular flexibility index (Phi) is 3.38. The molecule has 0 saturated carbocycles. The minimum atomic E-state index is -0.872. The summed E-state index contributed by atoms with van der Waals surface area (Å²) in [5.41, 5.74) is -0.0907. The molecular weight excluding hydrogens is 276 g/mol. The summed E-state index contributed by atoms with van der Waals surface area (Å²) >= 11 is 5.98. The number of fused-ring (bicyclic) bond motifs is 2. The number of carboxylic acids is 1. The fourth-order valence-corrected chi connectivity index (χ4v) is 3.83. The van der Waals surface area contributed by atoms with Crippen LogP contribution in [0.5, 0.6) is 0 Å². The van der Waals surface area contributed by atoms with E-state index in [1.807, 2.05) is 12.1 Å². The summed E-state index contributed by atoms with van der Waals surface area (Å²) in [4.78, 5) is 14.2. The van der Waals surface area contributed by atoms with Crippen molar-refractivity contribution in [1.82, 2.24) is 4.90 Å². The lowest BCUT2D eigenvalue weighted by Crippen LogP contribution is -2.57. The number of rotatable bonds is 3. The maximum Gasteiger partial charge on any atom is 0.329 e. The van der Waals surface area contributed by atoms with E-state index < -0.39 is 11.5 Å². The van der Waals surface area contributed by atoms with Gasteiger partial charge in [0.2, 0.25) is 0 Å². The van der Waals surface area contributed by atoms with Crippen molar-refractivity contribution in [2.45, 2.75) is 43.3 Å². The molecule has 2 aliphatic heterocycles. The fraction of sp³-hybridized carbons (Fsp3) is 0.533. The highest BCUT2D eigenvalue weighted by Crippen LogP contribution is 2.41. The second-order valence-electron chi connectivity index (χ2n) is 5.98. The summed E-state index contributed by atoms with van der Waals surface area (Å²) in [5, 5.41) is 13.6. The monoisotopic (exact) mass is 294 g/mol. The molecule has 0 aromatic heterocycles. The van der Waals surface area contributed by atoms with E-state index in [0.29, 0.717) is 29.9 Å². The van der Waals surface area contributed by atoms with Crippen LogP contribution in [-0.4, -0.2) is 40.6 Å². The number of aliphatic carboxylic acids is 1. The fourth-order valence-electron chi connectivity index (χ4n) is 3.64. The molecule has 1 aromatic carbocycles. The lowest BCUT2D eigenvalue weighted by molar-refractivity contribution is -0.145. The van der Waals surface area contributed by atoms with Crippen molar-refractivity contribution in [2.24, 2.45) is 0 Å². The van der Waals surface area contributed by atoms with Gasteiger partial charge in [0, 0.05) is 22.8 Å². The zero-order valence-electron chi connectivity index (χ0n) is 11.5. The molecule has 2 fully saturated rings. The Labute approximate surface area is 123 Å². The predicted molar refractivity (Wildman–Crippen MR) is 79.2 cm³/mol. The first-order valence-corrected chi connectivity index (χ1v) is 7.37. The zero-order chi connectivity index (χ0) is 14.3. The maximum absolute atomic E-state index is 11.9. The highest BCUT2D eigenvalue weighted by molar-refractivity contribution is 6.30. The molecule has 0 aliphatic carbocycles. The van der Waals surface area contributed by atoms with Crippen molar-refractivity contribution in [3.8, 4) is 0 Å². The first-order chi connectivity index (χ1) is 9.50. The number of halogens is 1. The Hall–Kier alpha value is -1.26. The number of nitrogens with one attached hydrogen (secondary N) is 1. The first-order valence-electron chi connectivity index (χ1n) is 6.99. The van der Waals surface area contributed by atoms with E-state index in [1.54, 1.807) is 12.1 Å². The number of nitrogens with zero attached hydrogens (tertiary/aromatic N) is 1. The number of piperidine rings is 1. The minimum Gasteiger partial charge on any atom is -0.480 e. The zero-order valence-corrected chi connectivity index (χ0v) is 12.2. The van der Waals surface area contributed by atoms with Gasteiger partial charge in [0.1, 0.15) is 5.54 Å². The van der Waals surface area contributed by atoms with Gasteiger partial charge in [-0.05, 0) is 50.9 Å². The first kappa shape index (κ1) is 13.7. The van der Waals surface area contributed by atoms with Gasteiger partial charge in [-0.15, -0.1) is 0 Å². The largest absolute Gasteiger partial charge is 0.480 e. The van der Waals surface area contributed by atoms with E-state index >= 15 is 0 Å². The average Bonchev–Trinajstić information content (AvgIpc) is 2.62. The Bertz CT molecular complexity index is 520. The summed E-state index contributed by atoms with van der Waals surface area (Å²) in [7, 11) is 2.10. The lowest BCUT2D eigenvalue weighted by atomic mass is 9.82. The summed E-state index contributed by atoms with van der Waals surface area (Å²) in [6, 6.07) is 8.00. The van der Waals surface area contributed by atoms with E-state index in [9.17, 15) is 9.90 Å². The molecule has 2 bridgehead atoms. The Morgan fingerprint density at radius 3 is 2.60 bits per heavy atom. The molecule has 2 heterocycles. The molecule has 0 spiro atoms. The Morgan fingerprint density at radius 1 is 1.40 bits per heavy atom. The average molecular weight is 295 g/mol. The smallest absolute Gasteiger partial charge is 0.329 e. The third-order valence-electron chi connectivity index (χ3n) is 4.77. The normalized spacial score (nSPS) is 33.1. The van der Waals surface area contributed by atoms with Crippen molar-refractivity contribution >= 4 is 23.3 Å². The number of anilines is 1. The molecule has 108 valence electrons. The van der Waals surface area contributed by atoms with Gasteiger partial charge in [-0.25, -0.2) is 4.79 Å². The number of hydrogen-bond donors (Lipinski definition) is 2. The van der Waals surface area contributed by atoms with Gasteiger partial charge in [-0.2, -0.15) is 0 Å². The predicted octanol–water partition coefficient (Wildman–Crippen LogP) is 2.83. The van der Waals surface area contributed by atoms with Crippen molar-refractivity contribution in [3.05, 3.63) is 29.3 Å². The van der Waals surface area contributed by atoms with E-state index in [0.717, 1.165) is 18.5 Å². The molecule has 2 atom stereocenters. The van der Waals surface area contributed by atoms with Gasteiger partial charge in [0.15, 0.2) is 0 Å². The second-order valence-corrected chi connectivity index (χ2v) is 6.42. The van der Waals surface area contributed by atoms with Crippen LogP contribution >= 0.6 is 11.6 Å². The van der Waals surface area contributed by atoms with E-state index in [1.165, 1.54) is 0 Å². The van der Waals surface area contributed by atoms with Crippen molar-refractivity contribution in [1.29, 1.82) is 0 Å². The van der Waals surface area contributed by atoms with Gasteiger partial charge < -0.3 is 15.3 Å². The molecule has 1 aromatic rings. The van der Waals surface area contributed by atoms with Gasteiger partial charge in [0.25, 0.3) is 0 Å². The minimum absolute atomic E-state index is 0.358. The standard InChI is InChI=1S/C15H19ClN2O2/c1-18-12-5-6-13(18)9-15(8-12,14(19)20)17-11-4-2-3-10(16)7-11/h2-4,7,12-13,17H,5-6,8-9H2,1H3,(H,19,20). The van der Waals surface area contributed by atoms with Crippen LogP contribution in [0.2, 0.25) is 5.02 Å². The number of benzene rings is 1. The molecular formula is C15H19ClN2O2. The van der Waals surface area contributed by atoms with Crippen molar-refractivity contribution in [2.75, 3.05) is 12.4 Å². The van der Waals surface area contributed by atoms with E-state index in [2.05, 4.69) is 17.3 Å². The van der Waals surface area contributed by atoms with E-state index in [4.69, 9.17) is 11.6 Å². The summed E-state index contributed by atoms with van der Waals surface area (Å²) in [6.07, 6.45) is 3.46. The molecule has 2 aliphatic rings. The summed E-state index contributed by atoms with van der Waals surface area (Å²) in [6.45, 7) is 0. The van der Waals surface area contributed by atoms with Gasteiger partial charge >= 0.3 is 5.97 Å². The van der Waals surface area contributed by atoms with Crippen LogP contribution in [-0.2, 0) is 4.79 Å². The van der Waals surface area contributed by atoms with Crippen LogP contribution in [0.3, 0.4) is 0 Å². The van der Waals surface area contributed by atoms with E-state index in [-0.39, 0.29) is 0 Å². The Morgan fingerprint density at radius 2 is 2.05 bits per heavy atom. The van der Waals surface area contributed by atoms with Crippen LogP contribution in [0, 0.1) is 0 Å². The molecule has 2 N–H and O–H groups in total. The van der Waals surface area contributed by atoms with Gasteiger partial charge in [-0.3, -0.25) is 0 Å². The topological polar surface area (TPSA) is 52.6 Å². The highest BCUT2D eigenvalue weighted by atomic mass is 35.5. The number of hydrogen-bond acceptors (Lipinski definition) is 3. The number of carboxylic acid groups (broad SMARTS) is 1. The SMILES string of the molecule is CN1C2CCC1CC(Nc1cccc(Cl)c1)(C(=O)O)C2. The highest BCUT2D eigenvalue weighted by Gasteiger charge is 2.51. The maximum atomic E-state index is 11.9. The quantitative estimate of drug-likeness (QED) is 0.900. The molecule has 0 amide bonds. The molecule has 5 heteroatoms. The van der Waals surface area contributed by atoms with Crippen molar-refractivity contribution < 1.29 is 9.90 Å². The van der Waals surface area contributed by atoms with Crippen LogP contribution in [0.4, 0.5) is 5.69 Å². The Balaban J connectivity index is 1.88. The third-order valence-corrected chi connectivity index (χ3v) is 5.01. The molecule has 0 radical (unpaired) electrons. The summed E-state index contributed by atoms with van der Waals surface area (Å²) in [5.74, 6) is -0.762. The van der Waals surface area contributed by atoms with Crippen LogP contribution in [0.25, 0.3) is 0 Å². The van der Waals surface area contributed by atoms with Crippen LogP contribution < -0.4 is 5.32 Å². The third kappa shape index (κ3) is 2.27.